The van der Waals surface area contributed by atoms with Crippen molar-refractivity contribution in [1.82, 2.24) is 5.32 Å². The fourth-order valence-corrected chi connectivity index (χ4v) is 2.74. The van der Waals surface area contributed by atoms with Gasteiger partial charge >= 0.3 is 5.97 Å². The van der Waals surface area contributed by atoms with E-state index in [1.807, 2.05) is 0 Å². The molecule has 1 unspecified atom stereocenters. The van der Waals surface area contributed by atoms with Gasteiger partial charge < -0.3 is 10.4 Å². The minimum atomic E-state index is -3.40. The molecule has 122 valence electrons. The number of rotatable bonds is 6. The summed E-state index contributed by atoms with van der Waals surface area (Å²) in [7, 11) is -3.40. The van der Waals surface area contributed by atoms with Crippen LogP contribution in [-0.2, 0) is 14.6 Å². The van der Waals surface area contributed by atoms with Crippen LogP contribution in [0.15, 0.2) is 29.2 Å². The van der Waals surface area contributed by atoms with Gasteiger partial charge in [0.05, 0.1) is 10.1 Å². The van der Waals surface area contributed by atoms with E-state index in [0.29, 0.717) is 0 Å². The molecule has 0 heterocycles. The Hall–Kier alpha value is -1.89. The molecule has 0 aromatic heterocycles. The third-order valence-electron chi connectivity index (χ3n) is 3.63. The predicted octanol–water partition coefficient (Wildman–Crippen LogP) is 1.85. The van der Waals surface area contributed by atoms with Crippen LogP contribution in [0.1, 0.15) is 44.5 Å². The van der Waals surface area contributed by atoms with Gasteiger partial charge in [-0.05, 0) is 51.5 Å². The number of benzene rings is 1. The number of carbonyl (C=O) groups excluding carboxylic acids is 1. The van der Waals surface area contributed by atoms with Gasteiger partial charge in [-0.15, -0.1) is 0 Å². The van der Waals surface area contributed by atoms with Crippen LogP contribution < -0.4 is 5.32 Å². The number of hydrogen-bond donors (Lipinski definition) is 2. The van der Waals surface area contributed by atoms with Gasteiger partial charge in [0.15, 0.2) is 9.84 Å². The summed E-state index contributed by atoms with van der Waals surface area (Å²) in [6.45, 7) is 6.24. The van der Waals surface area contributed by atoms with Gasteiger partial charge in [-0.1, -0.05) is 6.92 Å². The summed E-state index contributed by atoms with van der Waals surface area (Å²) in [5, 5.41) is 11.0. The smallest absolute Gasteiger partial charge is 0.329 e. The molecule has 0 fully saturated rings. The third-order valence-corrected chi connectivity index (χ3v) is 5.80. The highest BCUT2D eigenvalue weighted by molar-refractivity contribution is 7.92. The van der Waals surface area contributed by atoms with E-state index in [0.717, 1.165) is 0 Å². The Morgan fingerprint density at radius 1 is 1.23 bits per heavy atom. The van der Waals surface area contributed by atoms with Crippen LogP contribution in [0.5, 0.6) is 0 Å². The molecule has 1 atom stereocenters. The van der Waals surface area contributed by atoms with Crippen molar-refractivity contribution in [3.8, 4) is 0 Å². The van der Waals surface area contributed by atoms with Crippen molar-refractivity contribution in [2.75, 3.05) is 0 Å². The van der Waals surface area contributed by atoms with Crippen LogP contribution in [0.2, 0.25) is 0 Å². The molecule has 1 aromatic carbocycles. The van der Waals surface area contributed by atoms with Crippen molar-refractivity contribution in [1.29, 1.82) is 0 Å². The first kappa shape index (κ1) is 18.2. The van der Waals surface area contributed by atoms with Crippen LogP contribution >= 0.6 is 0 Å². The van der Waals surface area contributed by atoms with E-state index in [2.05, 4.69) is 5.32 Å². The van der Waals surface area contributed by atoms with Gasteiger partial charge in [-0.2, -0.15) is 0 Å². The minimum absolute atomic E-state index is 0.135. The highest BCUT2D eigenvalue weighted by Crippen LogP contribution is 2.17. The molecule has 0 aliphatic rings. The number of carbonyl (C=O) groups is 2. The molecule has 1 amide bonds. The summed E-state index contributed by atoms with van der Waals surface area (Å²) in [5.74, 6) is -1.68. The topological polar surface area (TPSA) is 101 Å². The lowest BCUT2D eigenvalue weighted by atomic mass is 9.98. The highest BCUT2D eigenvalue weighted by Gasteiger charge is 2.33. The maximum Gasteiger partial charge on any atom is 0.329 e. The molecule has 22 heavy (non-hydrogen) atoms. The van der Waals surface area contributed by atoms with E-state index in [1.54, 1.807) is 20.8 Å². The van der Waals surface area contributed by atoms with Crippen molar-refractivity contribution in [3.05, 3.63) is 29.8 Å². The second-order valence-electron chi connectivity index (χ2n) is 5.56. The van der Waals surface area contributed by atoms with Gasteiger partial charge in [0.1, 0.15) is 5.54 Å². The number of aliphatic carboxylic acids is 1. The summed E-state index contributed by atoms with van der Waals surface area (Å²) in [5.41, 5.74) is -1.15. The maximum atomic E-state index is 12.1. The van der Waals surface area contributed by atoms with Crippen LogP contribution in [0, 0.1) is 0 Å². The standard InChI is InChI=1S/C15H21NO5S/c1-5-15(4,14(18)19)16-13(17)11-6-8-12(9-7-11)22(20,21)10(2)3/h6-10H,5H2,1-4H3,(H,16,17)(H,18,19). The number of nitrogens with one attached hydrogen (secondary N) is 1. The molecule has 2 N–H and O–H groups in total. The van der Waals surface area contributed by atoms with Crippen LogP contribution in [0.4, 0.5) is 0 Å². The quantitative estimate of drug-likeness (QED) is 0.830. The Balaban J connectivity index is 3.01. The lowest BCUT2D eigenvalue weighted by molar-refractivity contribution is -0.143. The van der Waals surface area contributed by atoms with Gasteiger partial charge in [0.2, 0.25) is 0 Å². The Kier molecular flexibility index (Phi) is 5.35. The van der Waals surface area contributed by atoms with Crippen molar-refractivity contribution < 1.29 is 23.1 Å². The first-order valence-electron chi connectivity index (χ1n) is 6.94. The van der Waals surface area contributed by atoms with Gasteiger partial charge in [-0.25, -0.2) is 13.2 Å². The molecule has 0 spiro atoms. The number of hydrogen-bond acceptors (Lipinski definition) is 4. The average molecular weight is 327 g/mol. The number of carboxylic acids is 1. The summed E-state index contributed by atoms with van der Waals surface area (Å²) in [6.07, 6.45) is 0.230. The molecule has 1 aromatic rings. The third kappa shape index (κ3) is 3.65. The first-order chi connectivity index (χ1) is 10.0. The fraction of sp³-hybridized carbons (Fsp3) is 0.467. The number of sulfone groups is 1. The molecular weight excluding hydrogens is 306 g/mol. The molecule has 0 aliphatic heterocycles. The normalized spacial score (nSPS) is 14.4. The van der Waals surface area contributed by atoms with Gasteiger partial charge in [0.25, 0.3) is 5.91 Å². The zero-order valence-corrected chi connectivity index (χ0v) is 13.9. The van der Waals surface area contributed by atoms with E-state index in [1.165, 1.54) is 31.2 Å². The van der Waals surface area contributed by atoms with E-state index < -0.39 is 32.5 Å². The molecule has 0 aliphatic carbocycles. The Labute approximate surface area is 130 Å². The van der Waals surface area contributed by atoms with E-state index >= 15 is 0 Å². The molecule has 6 nitrogen and oxygen atoms in total. The van der Waals surface area contributed by atoms with E-state index in [9.17, 15) is 18.0 Å². The van der Waals surface area contributed by atoms with Crippen molar-refractivity contribution >= 4 is 21.7 Å². The Bertz CT molecular complexity index is 664. The monoisotopic (exact) mass is 327 g/mol. The van der Waals surface area contributed by atoms with Crippen LogP contribution in [-0.4, -0.2) is 36.2 Å². The van der Waals surface area contributed by atoms with Crippen LogP contribution in [0.3, 0.4) is 0 Å². The minimum Gasteiger partial charge on any atom is -0.480 e. The van der Waals surface area contributed by atoms with E-state index in [4.69, 9.17) is 5.11 Å². The lowest BCUT2D eigenvalue weighted by Gasteiger charge is -2.24. The molecule has 0 saturated carbocycles. The molecular formula is C15H21NO5S. The fourth-order valence-electron chi connectivity index (χ4n) is 1.68. The second kappa shape index (κ2) is 6.48. The van der Waals surface area contributed by atoms with Crippen molar-refractivity contribution in [2.45, 2.75) is 49.8 Å². The van der Waals surface area contributed by atoms with Crippen molar-refractivity contribution in [2.24, 2.45) is 0 Å². The lowest BCUT2D eigenvalue weighted by Crippen LogP contribution is -2.51. The zero-order chi connectivity index (χ0) is 17.1. The second-order valence-corrected chi connectivity index (χ2v) is 8.07. The summed E-state index contributed by atoms with van der Waals surface area (Å²) >= 11 is 0. The maximum absolute atomic E-state index is 12.1. The molecule has 1 rings (SSSR count). The molecule has 7 heteroatoms. The zero-order valence-electron chi connectivity index (χ0n) is 13.1. The van der Waals surface area contributed by atoms with Crippen LogP contribution in [0.25, 0.3) is 0 Å². The molecule has 0 bridgehead atoms. The first-order valence-corrected chi connectivity index (χ1v) is 8.49. The predicted molar refractivity (Wildman–Crippen MR) is 82.6 cm³/mol. The average Bonchev–Trinajstić information content (AvgIpc) is 2.46. The number of amides is 1. The highest BCUT2D eigenvalue weighted by atomic mass is 32.2. The largest absolute Gasteiger partial charge is 0.480 e. The molecule has 0 radical (unpaired) electrons. The van der Waals surface area contributed by atoms with E-state index in [-0.39, 0.29) is 16.9 Å². The summed E-state index contributed by atoms with van der Waals surface area (Å²) in [6, 6.07) is 5.47. The molecule has 0 saturated heterocycles. The summed E-state index contributed by atoms with van der Waals surface area (Å²) < 4.78 is 24.0. The van der Waals surface area contributed by atoms with Gasteiger partial charge in [-0.3, -0.25) is 4.79 Å². The number of carboxylic acid groups (broad SMARTS) is 1. The Morgan fingerprint density at radius 2 is 1.73 bits per heavy atom. The SMILES string of the molecule is CCC(C)(NC(=O)c1ccc(S(=O)(=O)C(C)C)cc1)C(=O)O. The van der Waals surface area contributed by atoms with Crippen molar-refractivity contribution in [3.63, 3.8) is 0 Å². The summed E-state index contributed by atoms with van der Waals surface area (Å²) in [4.78, 5) is 23.4. The Morgan fingerprint density at radius 3 is 2.09 bits per heavy atom. The van der Waals surface area contributed by atoms with Gasteiger partial charge in [0, 0.05) is 5.56 Å².